The van der Waals surface area contributed by atoms with E-state index in [0.29, 0.717) is 38.4 Å². The lowest BCUT2D eigenvalue weighted by Gasteiger charge is -2.35. The smallest absolute Gasteiger partial charge is 0.247 e. The number of aromatic nitrogens is 1. The summed E-state index contributed by atoms with van der Waals surface area (Å²) in [4.78, 5) is 13.0. The summed E-state index contributed by atoms with van der Waals surface area (Å²) < 4.78 is 47.2. The zero-order valence-corrected chi connectivity index (χ0v) is 21.2. The van der Waals surface area contributed by atoms with Gasteiger partial charge in [0.05, 0.1) is 17.0 Å². The van der Waals surface area contributed by atoms with E-state index in [4.69, 9.17) is 18.7 Å². The first-order chi connectivity index (χ1) is 15.5. The average molecular weight is 487 g/mol. The van der Waals surface area contributed by atoms with Crippen molar-refractivity contribution in [1.29, 1.82) is 0 Å². The first kappa shape index (κ1) is 26.1. The number of nitrogens with one attached hydrogen (secondary N) is 1. The number of nitrogens with zero attached hydrogens (tertiary/aromatic N) is 1. The molecule has 0 aliphatic carbocycles. The molecule has 188 valence electrons. The first-order valence-corrected chi connectivity index (χ1v) is 13.4. The fourth-order valence-electron chi connectivity index (χ4n) is 4.38. The fraction of sp³-hybridized carbons (Fsp3) is 0.826. The van der Waals surface area contributed by atoms with Crippen molar-refractivity contribution in [3.05, 3.63) is 11.8 Å². The molecule has 2 aliphatic rings. The molecule has 1 N–H and O–H groups in total. The zero-order valence-electron chi connectivity index (χ0n) is 20.4. The molecule has 0 saturated carbocycles. The molecular weight excluding hydrogens is 448 g/mol. The lowest BCUT2D eigenvalue weighted by atomic mass is 9.81. The third-order valence-electron chi connectivity index (χ3n) is 6.90. The molecule has 3 rings (SSSR count). The maximum atomic E-state index is 13.1. The van der Waals surface area contributed by atoms with Gasteiger partial charge < -0.3 is 18.7 Å². The minimum absolute atomic E-state index is 0.113. The molecule has 10 heteroatoms. The van der Waals surface area contributed by atoms with Crippen molar-refractivity contribution in [2.45, 2.75) is 101 Å². The first-order valence-electron chi connectivity index (χ1n) is 11.9. The van der Waals surface area contributed by atoms with E-state index < -0.39 is 31.2 Å². The topological polar surface area (TPSA) is 117 Å². The highest BCUT2D eigenvalue weighted by Gasteiger charge is 2.47. The summed E-state index contributed by atoms with van der Waals surface area (Å²) in [6, 6.07) is 1.64. The summed E-state index contributed by atoms with van der Waals surface area (Å²) >= 11 is 0. The molecule has 0 bridgehead atoms. The molecule has 2 saturated heterocycles. The van der Waals surface area contributed by atoms with Crippen molar-refractivity contribution >= 4 is 21.6 Å². The third kappa shape index (κ3) is 5.61. The van der Waals surface area contributed by atoms with Crippen LogP contribution >= 0.6 is 0 Å². The van der Waals surface area contributed by atoms with Gasteiger partial charge >= 0.3 is 0 Å². The SMILES string of the molecule is CC[C@@H](OC1CCCCO1)C(C)(C)c1cc(NC(=O)C(C)(C)S(=O)(=O)C2CCOCC2)on1. The highest BCUT2D eigenvalue weighted by Crippen LogP contribution is 2.34. The maximum absolute atomic E-state index is 13.1. The molecule has 1 amide bonds. The van der Waals surface area contributed by atoms with Crippen LogP contribution in [-0.2, 0) is 34.3 Å². The molecule has 2 atom stereocenters. The van der Waals surface area contributed by atoms with Gasteiger partial charge in [-0.2, -0.15) is 0 Å². The Morgan fingerprint density at radius 2 is 1.88 bits per heavy atom. The molecule has 1 unspecified atom stereocenters. The summed E-state index contributed by atoms with van der Waals surface area (Å²) in [5.74, 6) is -0.532. The molecule has 2 aliphatic heterocycles. The quantitative estimate of drug-likeness (QED) is 0.563. The predicted octanol–water partition coefficient (Wildman–Crippen LogP) is 3.58. The number of hydrogen-bond acceptors (Lipinski definition) is 8. The predicted molar refractivity (Wildman–Crippen MR) is 124 cm³/mol. The van der Waals surface area contributed by atoms with Crippen molar-refractivity contribution in [2.75, 3.05) is 25.1 Å². The molecule has 0 radical (unpaired) electrons. The van der Waals surface area contributed by atoms with E-state index >= 15 is 0 Å². The van der Waals surface area contributed by atoms with Crippen LogP contribution in [0.4, 0.5) is 5.88 Å². The Labute approximate surface area is 196 Å². The van der Waals surface area contributed by atoms with Gasteiger partial charge in [-0.05, 0) is 52.4 Å². The molecular formula is C23H38N2O7S. The van der Waals surface area contributed by atoms with Crippen LogP contribution < -0.4 is 5.32 Å². The largest absolute Gasteiger partial charge is 0.381 e. The second-order valence-electron chi connectivity index (χ2n) is 9.95. The fourth-order valence-corrected chi connectivity index (χ4v) is 6.33. The summed E-state index contributed by atoms with van der Waals surface area (Å²) in [6.07, 6.45) is 4.12. The normalized spacial score (nSPS) is 22.2. The number of rotatable bonds is 9. The van der Waals surface area contributed by atoms with Gasteiger partial charge in [-0.1, -0.05) is 25.9 Å². The lowest BCUT2D eigenvalue weighted by molar-refractivity contribution is -0.201. The summed E-state index contributed by atoms with van der Waals surface area (Å²) in [5.41, 5.74) is 0.108. The Morgan fingerprint density at radius 1 is 1.18 bits per heavy atom. The molecule has 1 aromatic rings. The van der Waals surface area contributed by atoms with Gasteiger partial charge in [-0.15, -0.1) is 0 Å². The molecule has 1 aromatic heterocycles. The van der Waals surface area contributed by atoms with Gasteiger partial charge in [0, 0.05) is 31.3 Å². The van der Waals surface area contributed by atoms with Crippen molar-refractivity contribution in [2.24, 2.45) is 0 Å². The summed E-state index contributed by atoms with van der Waals surface area (Å²) in [6.45, 7) is 10.4. The number of anilines is 1. The van der Waals surface area contributed by atoms with E-state index in [-0.39, 0.29) is 18.3 Å². The Bertz CT molecular complexity index is 898. The molecule has 0 aromatic carbocycles. The standard InChI is InChI=1S/C23H38N2O7S/c1-6-18(31-20-9-7-8-12-30-20)22(2,3)17-15-19(32-25-17)24-21(26)23(4,5)33(27,28)16-10-13-29-14-11-16/h15-16,18,20H,6-14H2,1-5H3,(H,24,26)/t18-,20?/m1/s1. The van der Waals surface area contributed by atoms with Crippen LogP contribution in [0.15, 0.2) is 10.6 Å². The van der Waals surface area contributed by atoms with Gasteiger partial charge in [0.1, 0.15) is 4.75 Å². The Balaban J connectivity index is 1.70. The second-order valence-corrected chi connectivity index (χ2v) is 12.7. The van der Waals surface area contributed by atoms with E-state index in [1.165, 1.54) is 13.8 Å². The van der Waals surface area contributed by atoms with Crippen LogP contribution in [0.1, 0.15) is 78.8 Å². The average Bonchev–Trinajstić information content (AvgIpc) is 3.28. The van der Waals surface area contributed by atoms with Gasteiger partial charge in [0.15, 0.2) is 16.1 Å². The van der Waals surface area contributed by atoms with Crippen molar-refractivity contribution in [1.82, 2.24) is 5.16 Å². The zero-order chi connectivity index (χ0) is 24.3. The molecule has 33 heavy (non-hydrogen) atoms. The van der Waals surface area contributed by atoms with Crippen LogP contribution in [0, 0.1) is 0 Å². The lowest BCUT2D eigenvalue weighted by Crippen LogP contribution is -2.50. The van der Waals surface area contributed by atoms with Crippen LogP contribution in [0.25, 0.3) is 0 Å². The van der Waals surface area contributed by atoms with Crippen LogP contribution in [0.2, 0.25) is 0 Å². The molecule has 2 fully saturated rings. The minimum Gasteiger partial charge on any atom is -0.381 e. The van der Waals surface area contributed by atoms with Gasteiger partial charge in [-0.3, -0.25) is 10.1 Å². The van der Waals surface area contributed by atoms with E-state index in [2.05, 4.69) is 10.5 Å². The van der Waals surface area contributed by atoms with Crippen LogP contribution in [0.3, 0.4) is 0 Å². The van der Waals surface area contributed by atoms with E-state index in [9.17, 15) is 13.2 Å². The van der Waals surface area contributed by atoms with E-state index in [1.54, 1.807) is 6.07 Å². The van der Waals surface area contributed by atoms with Gasteiger partial charge in [0.25, 0.3) is 0 Å². The number of carbonyl (C=O) groups is 1. The van der Waals surface area contributed by atoms with Crippen molar-refractivity contribution < 1.29 is 31.9 Å². The highest BCUT2D eigenvalue weighted by molar-refractivity contribution is 7.94. The van der Waals surface area contributed by atoms with E-state index in [0.717, 1.165) is 25.7 Å². The van der Waals surface area contributed by atoms with Crippen LogP contribution in [0.5, 0.6) is 0 Å². The van der Waals surface area contributed by atoms with E-state index in [1.807, 2.05) is 20.8 Å². The van der Waals surface area contributed by atoms with Gasteiger partial charge in [-0.25, -0.2) is 8.42 Å². The van der Waals surface area contributed by atoms with Crippen LogP contribution in [-0.4, -0.2) is 61.7 Å². The Kier molecular flexibility index (Phi) is 8.24. The second kappa shape index (κ2) is 10.4. The Hall–Kier alpha value is -1.49. The number of amides is 1. The monoisotopic (exact) mass is 486 g/mol. The number of ether oxygens (including phenoxy) is 3. The summed E-state index contributed by atoms with van der Waals surface area (Å²) in [5, 5.41) is 6.18. The number of sulfone groups is 1. The highest BCUT2D eigenvalue weighted by atomic mass is 32.2. The number of carbonyl (C=O) groups excluding carboxylic acids is 1. The molecule has 3 heterocycles. The minimum atomic E-state index is -3.72. The Morgan fingerprint density at radius 3 is 2.48 bits per heavy atom. The number of hydrogen-bond donors (Lipinski definition) is 1. The summed E-state index contributed by atoms with van der Waals surface area (Å²) in [7, 11) is -3.72. The van der Waals surface area contributed by atoms with Crippen molar-refractivity contribution in [3.63, 3.8) is 0 Å². The van der Waals surface area contributed by atoms with Crippen molar-refractivity contribution in [3.8, 4) is 0 Å². The van der Waals surface area contributed by atoms with Gasteiger partial charge in [0.2, 0.25) is 11.8 Å². The maximum Gasteiger partial charge on any atom is 0.247 e. The molecule has 9 nitrogen and oxygen atoms in total. The molecule has 0 spiro atoms. The third-order valence-corrected chi connectivity index (χ3v) is 9.86.